The first-order valence-corrected chi connectivity index (χ1v) is 6.66. The van der Waals surface area contributed by atoms with Crippen LogP contribution in [0.3, 0.4) is 0 Å². The first-order valence-electron chi connectivity index (χ1n) is 6.66. The summed E-state index contributed by atoms with van der Waals surface area (Å²) in [6.07, 6.45) is 1.63. The second kappa shape index (κ2) is 6.06. The number of aromatic amines is 1. The van der Waals surface area contributed by atoms with Gasteiger partial charge in [0, 0.05) is 24.0 Å². The highest BCUT2D eigenvalue weighted by molar-refractivity contribution is 6.03. The number of carbonyl (C=O) groups is 1. The van der Waals surface area contributed by atoms with Gasteiger partial charge in [0.15, 0.2) is 0 Å². The molecule has 0 atom stereocenters. The number of amides is 1. The van der Waals surface area contributed by atoms with Gasteiger partial charge in [-0.3, -0.25) is 25.0 Å². The first kappa shape index (κ1) is 14.4. The number of hydrogen-bond donors (Lipinski definition) is 2. The number of pyridine rings is 1. The van der Waals surface area contributed by atoms with Crippen molar-refractivity contribution in [1.82, 2.24) is 15.2 Å². The third-order valence-electron chi connectivity index (χ3n) is 3.06. The molecule has 8 heteroatoms. The van der Waals surface area contributed by atoms with Crippen molar-refractivity contribution in [1.29, 1.82) is 0 Å². The fraction of sp³-hybridized carbons (Fsp3) is 0. The molecule has 0 saturated heterocycles. The largest absolute Gasteiger partial charge is 0.320 e. The van der Waals surface area contributed by atoms with Gasteiger partial charge in [0.05, 0.1) is 10.6 Å². The summed E-state index contributed by atoms with van der Waals surface area (Å²) in [6, 6.07) is 12.7. The molecule has 0 radical (unpaired) electrons. The molecule has 0 unspecified atom stereocenters. The number of nitrogens with zero attached hydrogens (tertiary/aromatic N) is 3. The number of nitro benzene ring substituents is 1. The average molecular weight is 309 g/mol. The number of nitrogens with one attached hydrogen (secondary N) is 2. The van der Waals surface area contributed by atoms with Crippen LogP contribution < -0.4 is 5.32 Å². The van der Waals surface area contributed by atoms with Gasteiger partial charge >= 0.3 is 0 Å². The second-order valence-corrected chi connectivity index (χ2v) is 4.64. The Morgan fingerprint density at radius 2 is 2.00 bits per heavy atom. The van der Waals surface area contributed by atoms with Crippen molar-refractivity contribution in [3.8, 4) is 11.4 Å². The smallest absolute Gasteiger partial charge is 0.273 e. The average Bonchev–Trinajstić information content (AvgIpc) is 3.06. The van der Waals surface area contributed by atoms with Crippen LogP contribution >= 0.6 is 0 Å². The number of non-ortho nitro benzene ring substituents is 1. The molecule has 1 amide bonds. The second-order valence-electron chi connectivity index (χ2n) is 4.64. The molecule has 23 heavy (non-hydrogen) atoms. The monoisotopic (exact) mass is 309 g/mol. The van der Waals surface area contributed by atoms with Crippen LogP contribution in [0.1, 0.15) is 10.5 Å². The van der Waals surface area contributed by atoms with Crippen molar-refractivity contribution in [2.75, 3.05) is 5.32 Å². The van der Waals surface area contributed by atoms with E-state index in [9.17, 15) is 14.9 Å². The number of rotatable bonds is 4. The summed E-state index contributed by atoms with van der Waals surface area (Å²) in [4.78, 5) is 26.5. The minimum Gasteiger partial charge on any atom is -0.320 e. The molecule has 3 rings (SSSR count). The molecule has 0 bridgehead atoms. The molecule has 0 aliphatic carbocycles. The van der Waals surface area contributed by atoms with Crippen molar-refractivity contribution in [3.63, 3.8) is 0 Å². The van der Waals surface area contributed by atoms with E-state index in [2.05, 4.69) is 20.5 Å². The molecule has 0 saturated carbocycles. The molecule has 1 aromatic carbocycles. The molecule has 0 aliphatic heterocycles. The Kier molecular flexibility index (Phi) is 3.79. The van der Waals surface area contributed by atoms with Gasteiger partial charge in [-0.1, -0.05) is 12.1 Å². The van der Waals surface area contributed by atoms with Crippen molar-refractivity contribution < 1.29 is 9.72 Å². The maximum atomic E-state index is 12.2. The topological polar surface area (TPSA) is 114 Å². The summed E-state index contributed by atoms with van der Waals surface area (Å²) >= 11 is 0. The Hall–Kier alpha value is -3.55. The van der Waals surface area contributed by atoms with E-state index in [1.807, 2.05) is 6.07 Å². The van der Waals surface area contributed by atoms with E-state index in [1.54, 1.807) is 30.5 Å². The number of aromatic nitrogens is 3. The Morgan fingerprint density at radius 1 is 1.13 bits per heavy atom. The Labute approximate surface area is 130 Å². The number of hydrogen-bond acceptors (Lipinski definition) is 5. The molecule has 0 spiro atoms. The van der Waals surface area contributed by atoms with Gasteiger partial charge in [-0.15, -0.1) is 0 Å². The standard InChI is InChI=1S/C15H11N5O3/c21-15(17-10-4-3-5-11(8-10)20(22)23)14-9-13(18-19-14)12-6-1-2-7-16-12/h1-9H,(H,17,21)(H,18,19). The van der Waals surface area contributed by atoms with Crippen molar-refractivity contribution in [3.05, 3.63) is 70.5 Å². The third-order valence-corrected chi connectivity index (χ3v) is 3.06. The predicted molar refractivity (Wildman–Crippen MR) is 82.9 cm³/mol. The van der Waals surface area contributed by atoms with Gasteiger partial charge in [0.1, 0.15) is 11.4 Å². The van der Waals surface area contributed by atoms with Crippen LogP contribution in [-0.2, 0) is 0 Å². The molecule has 0 aliphatic rings. The maximum absolute atomic E-state index is 12.2. The SMILES string of the molecule is O=C(Nc1cccc([N+](=O)[O-])c1)c1cc(-c2ccccn2)n[nH]1. The van der Waals surface area contributed by atoms with Gasteiger partial charge < -0.3 is 5.32 Å². The molecule has 2 N–H and O–H groups in total. The van der Waals surface area contributed by atoms with Gasteiger partial charge in [-0.25, -0.2) is 0 Å². The minimum absolute atomic E-state index is 0.0958. The highest BCUT2D eigenvalue weighted by atomic mass is 16.6. The number of benzene rings is 1. The zero-order valence-electron chi connectivity index (χ0n) is 11.8. The predicted octanol–water partition coefficient (Wildman–Crippen LogP) is 2.63. The zero-order chi connectivity index (χ0) is 16.2. The fourth-order valence-electron chi connectivity index (χ4n) is 1.98. The summed E-state index contributed by atoms with van der Waals surface area (Å²) in [5, 5.41) is 20.0. The van der Waals surface area contributed by atoms with Crippen LogP contribution in [-0.4, -0.2) is 26.0 Å². The molecule has 2 heterocycles. The van der Waals surface area contributed by atoms with E-state index in [0.29, 0.717) is 17.1 Å². The van der Waals surface area contributed by atoms with Crippen molar-refractivity contribution in [2.24, 2.45) is 0 Å². The molecule has 114 valence electrons. The van der Waals surface area contributed by atoms with Crippen LogP contribution in [0.5, 0.6) is 0 Å². The Bertz CT molecular complexity index is 860. The molecule has 0 fully saturated rings. The lowest BCUT2D eigenvalue weighted by Crippen LogP contribution is -2.12. The van der Waals surface area contributed by atoms with E-state index in [4.69, 9.17) is 0 Å². The summed E-state index contributed by atoms with van der Waals surface area (Å²) in [5.74, 6) is -0.444. The normalized spacial score (nSPS) is 10.3. The quantitative estimate of drug-likeness (QED) is 0.568. The molecule has 3 aromatic rings. The fourth-order valence-corrected chi connectivity index (χ4v) is 1.98. The zero-order valence-corrected chi connectivity index (χ0v) is 11.8. The third kappa shape index (κ3) is 3.21. The van der Waals surface area contributed by atoms with Crippen LogP contribution in [0.4, 0.5) is 11.4 Å². The van der Waals surface area contributed by atoms with E-state index in [1.165, 1.54) is 18.2 Å². The summed E-state index contributed by atoms with van der Waals surface area (Å²) in [5.41, 5.74) is 1.64. The van der Waals surface area contributed by atoms with Crippen molar-refractivity contribution >= 4 is 17.3 Å². The highest BCUT2D eigenvalue weighted by Crippen LogP contribution is 2.19. The Morgan fingerprint density at radius 3 is 2.74 bits per heavy atom. The van der Waals surface area contributed by atoms with E-state index in [0.717, 1.165) is 0 Å². The lowest BCUT2D eigenvalue weighted by Gasteiger charge is -2.02. The lowest BCUT2D eigenvalue weighted by atomic mass is 10.2. The lowest BCUT2D eigenvalue weighted by molar-refractivity contribution is -0.384. The number of nitro groups is 1. The molecule has 8 nitrogen and oxygen atoms in total. The maximum Gasteiger partial charge on any atom is 0.273 e. The minimum atomic E-state index is -0.523. The Balaban J connectivity index is 1.78. The van der Waals surface area contributed by atoms with Crippen LogP contribution in [0.25, 0.3) is 11.4 Å². The van der Waals surface area contributed by atoms with Crippen LogP contribution in [0.2, 0.25) is 0 Å². The van der Waals surface area contributed by atoms with E-state index in [-0.39, 0.29) is 11.4 Å². The number of H-pyrrole nitrogens is 1. The molecular formula is C15H11N5O3. The summed E-state index contributed by atoms with van der Waals surface area (Å²) in [6.45, 7) is 0. The summed E-state index contributed by atoms with van der Waals surface area (Å²) in [7, 11) is 0. The van der Waals surface area contributed by atoms with Gasteiger partial charge in [0.2, 0.25) is 0 Å². The molecular weight excluding hydrogens is 298 g/mol. The first-order chi connectivity index (χ1) is 11.1. The highest BCUT2D eigenvalue weighted by Gasteiger charge is 2.13. The van der Waals surface area contributed by atoms with E-state index < -0.39 is 10.8 Å². The van der Waals surface area contributed by atoms with Crippen LogP contribution in [0, 0.1) is 10.1 Å². The summed E-state index contributed by atoms with van der Waals surface area (Å²) < 4.78 is 0. The van der Waals surface area contributed by atoms with Gasteiger partial charge in [-0.2, -0.15) is 5.10 Å². The van der Waals surface area contributed by atoms with Crippen LogP contribution in [0.15, 0.2) is 54.7 Å². The number of carbonyl (C=O) groups excluding carboxylic acids is 1. The number of anilines is 1. The van der Waals surface area contributed by atoms with Gasteiger partial charge in [-0.05, 0) is 24.3 Å². The molecule has 2 aromatic heterocycles. The van der Waals surface area contributed by atoms with Crippen molar-refractivity contribution in [2.45, 2.75) is 0 Å². The van der Waals surface area contributed by atoms with E-state index >= 15 is 0 Å². The van der Waals surface area contributed by atoms with Gasteiger partial charge in [0.25, 0.3) is 11.6 Å².